The molecule has 0 atom stereocenters. The van der Waals surface area contributed by atoms with E-state index in [1.165, 1.54) is 11.2 Å². The van der Waals surface area contributed by atoms with E-state index in [4.69, 9.17) is 4.42 Å². The molecule has 0 saturated carbocycles. The van der Waals surface area contributed by atoms with Gasteiger partial charge in [-0.25, -0.2) is 4.98 Å². The van der Waals surface area contributed by atoms with Crippen molar-refractivity contribution in [2.45, 2.75) is 32.2 Å². The Bertz CT molecular complexity index is 1310. The Labute approximate surface area is 195 Å². The number of piperazine rings is 1. The Hall–Kier alpha value is -3.95. The molecule has 3 amide bonds. The number of aromatic nitrogens is 2. The number of benzene rings is 1. The number of carbonyl (C=O) groups excluding carboxylic acids is 3. The van der Waals surface area contributed by atoms with Crippen LogP contribution in [-0.2, 0) is 22.6 Å². The van der Waals surface area contributed by atoms with E-state index >= 15 is 0 Å². The van der Waals surface area contributed by atoms with Crippen molar-refractivity contribution in [1.82, 2.24) is 19.4 Å². The average Bonchev–Trinajstić information content (AvgIpc) is 3.29. The van der Waals surface area contributed by atoms with E-state index in [1.54, 1.807) is 39.8 Å². The summed E-state index contributed by atoms with van der Waals surface area (Å²) in [5.74, 6) is -0.659. The Morgan fingerprint density at radius 3 is 2.50 bits per heavy atom. The highest BCUT2D eigenvalue weighted by molar-refractivity contribution is 6.39. The van der Waals surface area contributed by atoms with Crippen molar-refractivity contribution in [3.63, 3.8) is 0 Å². The van der Waals surface area contributed by atoms with E-state index in [2.05, 4.69) is 10.3 Å². The first-order valence-corrected chi connectivity index (χ1v) is 11.5. The molecule has 1 fully saturated rings. The monoisotopic (exact) mass is 463 g/mol. The van der Waals surface area contributed by atoms with E-state index in [-0.39, 0.29) is 30.3 Å². The summed E-state index contributed by atoms with van der Waals surface area (Å²) in [5, 5.41) is 3.02. The first kappa shape index (κ1) is 21.9. The molecule has 1 N–H and O–H groups in total. The van der Waals surface area contributed by atoms with Crippen LogP contribution in [0.3, 0.4) is 0 Å². The van der Waals surface area contributed by atoms with Crippen LogP contribution in [0.1, 0.15) is 35.6 Å². The van der Waals surface area contributed by atoms with Crippen molar-refractivity contribution in [1.29, 1.82) is 0 Å². The summed E-state index contributed by atoms with van der Waals surface area (Å²) < 4.78 is 6.86. The third-order valence-corrected chi connectivity index (χ3v) is 6.35. The Balaban J connectivity index is 1.25. The number of amides is 3. The van der Waals surface area contributed by atoms with E-state index in [0.717, 1.165) is 31.5 Å². The van der Waals surface area contributed by atoms with Gasteiger partial charge in [-0.2, -0.15) is 0 Å². The van der Waals surface area contributed by atoms with Gasteiger partial charge in [0.25, 0.3) is 11.5 Å². The maximum absolute atomic E-state index is 13.0. The molecule has 2 aliphatic rings. The highest BCUT2D eigenvalue weighted by atomic mass is 16.3. The number of carbonyl (C=O) groups is 3. The number of hydrogen-bond acceptors (Lipinski definition) is 6. The second kappa shape index (κ2) is 9.12. The van der Waals surface area contributed by atoms with Crippen molar-refractivity contribution in [2.75, 3.05) is 31.5 Å². The molecule has 0 bridgehead atoms. The van der Waals surface area contributed by atoms with E-state index in [9.17, 15) is 19.2 Å². The molecule has 1 saturated heterocycles. The maximum Gasteiger partial charge on any atom is 0.313 e. The topological polar surface area (TPSA) is 118 Å². The molecule has 4 heterocycles. The van der Waals surface area contributed by atoms with Crippen LogP contribution in [0.25, 0.3) is 10.9 Å². The van der Waals surface area contributed by atoms with Crippen molar-refractivity contribution < 1.29 is 18.8 Å². The summed E-state index contributed by atoms with van der Waals surface area (Å²) in [6.07, 6.45) is 5.22. The number of aryl methyl sites for hydroxylation is 1. The fourth-order valence-electron chi connectivity index (χ4n) is 4.49. The van der Waals surface area contributed by atoms with Crippen LogP contribution < -0.4 is 10.9 Å². The first-order valence-electron chi connectivity index (χ1n) is 11.5. The molecule has 3 aromatic rings. The number of nitrogens with zero attached hydrogens (tertiary/aromatic N) is 4. The van der Waals surface area contributed by atoms with Crippen molar-refractivity contribution >= 4 is 34.3 Å². The summed E-state index contributed by atoms with van der Waals surface area (Å²) in [6, 6.07) is 8.16. The fraction of sp³-hybridized carbons (Fsp3) is 0.375. The zero-order chi connectivity index (χ0) is 23.7. The number of rotatable bonds is 2. The van der Waals surface area contributed by atoms with Gasteiger partial charge in [0.05, 0.1) is 17.2 Å². The van der Waals surface area contributed by atoms with Crippen molar-refractivity contribution in [3.8, 4) is 0 Å². The lowest BCUT2D eigenvalue weighted by atomic mass is 10.2. The van der Waals surface area contributed by atoms with E-state index in [1.807, 2.05) is 0 Å². The number of hydrogen-bond donors (Lipinski definition) is 1. The lowest BCUT2D eigenvalue weighted by molar-refractivity contribution is -0.144. The molecular formula is C24H25N5O5. The van der Waals surface area contributed by atoms with Crippen molar-refractivity contribution in [3.05, 3.63) is 58.5 Å². The minimum Gasteiger partial charge on any atom is -0.459 e. The lowest BCUT2D eigenvalue weighted by Crippen LogP contribution is -2.52. The number of nitrogens with one attached hydrogen (secondary N) is 1. The van der Waals surface area contributed by atoms with Gasteiger partial charge in [0.1, 0.15) is 5.82 Å². The quantitative estimate of drug-likeness (QED) is 0.578. The molecule has 10 nitrogen and oxygen atoms in total. The average molecular weight is 463 g/mol. The molecule has 0 spiro atoms. The maximum atomic E-state index is 13.0. The minimum atomic E-state index is -0.784. The van der Waals surface area contributed by atoms with Crippen LogP contribution in [0.15, 0.2) is 45.8 Å². The Morgan fingerprint density at radius 2 is 1.74 bits per heavy atom. The third kappa shape index (κ3) is 4.18. The number of furan rings is 1. The lowest BCUT2D eigenvalue weighted by Gasteiger charge is -2.33. The zero-order valence-corrected chi connectivity index (χ0v) is 18.7. The highest BCUT2D eigenvalue weighted by Crippen LogP contribution is 2.19. The van der Waals surface area contributed by atoms with Gasteiger partial charge in [-0.1, -0.05) is 6.42 Å². The van der Waals surface area contributed by atoms with Gasteiger partial charge >= 0.3 is 11.8 Å². The van der Waals surface area contributed by atoms with E-state index < -0.39 is 11.8 Å². The third-order valence-electron chi connectivity index (χ3n) is 6.35. The van der Waals surface area contributed by atoms with Gasteiger partial charge in [0.2, 0.25) is 0 Å². The van der Waals surface area contributed by atoms with Gasteiger partial charge < -0.3 is 19.5 Å². The van der Waals surface area contributed by atoms with Gasteiger partial charge in [0, 0.05) is 44.8 Å². The SMILES string of the molecule is O=C(Nc1ccc2nc3n(c(=O)c2c1)CCCCC3)C(=O)N1CCN(C(=O)c2ccco2)CC1. The second-order valence-electron chi connectivity index (χ2n) is 8.54. The van der Waals surface area contributed by atoms with Gasteiger partial charge in [-0.3, -0.25) is 23.7 Å². The highest BCUT2D eigenvalue weighted by Gasteiger charge is 2.29. The molecule has 0 unspecified atom stereocenters. The first-order chi connectivity index (χ1) is 16.5. The van der Waals surface area contributed by atoms with Crippen LogP contribution in [0.5, 0.6) is 0 Å². The van der Waals surface area contributed by atoms with Gasteiger partial charge in [-0.05, 0) is 43.2 Å². The molecule has 2 aliphatic heterocycles. The fourth-order valence-corrected chi connectivity index (χ4v) is 4.49. The Kier molecular flexibility index (Phi) is 5.87. The van der Waals surface area contributed by atoms with Gasteiger partial charge in [0.15, 0.2) is 5.76 Å². The molecule has 1 aromatic carbocycles. The predicted molar refractivity (Wildman–Crippen MR) is 123 cm³/mol. The normalized spacial score (nSPS) is 16.1. The van der Waals surface area contributed by atoms with Crippen LogP contribution in [-0.4, -0.2) is 63.3 Å². The molecular weight excluding hydrogens is 438 g/mol. The minimum absolute atomic E-state index is 0.123. The smallest absolute Gasteiger partial charge is 0.313 e. The zero-order valence-electron chi connectivity index (χ0n) is 18.7. The van der Waals surface area contributed by atoms with Crippen molar-refractivity contribution in [2.24, 2.45) is 0 Å². The molecule has 2 aromatic heterocycles. The summed E-state index contributed by atoms with van der Waals surface area (Å²) in [6.45, 7) is 1.74. The van der Waals surface area contributed by atoms with Crippen LogP contribution in [0.2, 0.25) is 0 Å². The molecule has 0 aliphatic carbocycles. The summed E-state index contributed by atoms with van der Waals surface area (Å²) in [4.78, 5) is 58.3. The summed E-state index contributed by atoms with van der Waals surface area (Å²) in [5.41, 5.74) is 0.826. The second-order valence-corrected chi connectivity index (χ2v) is 8.54. The molecule has 176 valence electrons. The van der Waals surface area contributed by atoms with Gasteiger partial charge in [-0.15, -0.1) is 0 Å². The molecule has 10 heteroatoms. The summed E-state index contributed by atoms with van der Waals surface area (Å²) in [7, 11) is 0. The predicted octanol–water partition coefficient (Wildman–Crippen LogP) is 1.64. The van der Waals surface area contributed by atoms with Crippen LogP contribution >= 0.6 is 0 Å². The molecule has 5 rings (SSSR count). The number of anilines is 1. The standard InChI is InChI=1S/C24H25N5O5/c30-21(24(33)28-12-10-27(11-13-28)23(32)19-5-4-14-34-19)25-16-7-8-18-17(15-16)22(31)29-9-3-1-2-6-20(29)26-18/h4-5,7-8,14-15H,1-3,6,9-13H2,(H,25,30). The van der Waals surface area contributed by atoms with E-state index in [0.29, 0.717) is 36.2 Å². The van der Waals surface area contributed by atoms with Crippen LogP contribution in [0.4, 0.5) is 5.69 Å². The molecule has 34 heavy (non-hydrogen) atoms. The van der Waals surface area contributed by atoms with Crippen LogP contribution in [0, 0.1) is 0 Å². The number of fused-ring (bicyclic) bond motifs is 2. The Morgan fingerprint density at radius 1 is 0.941 bits per heavy atom. The summed E-state index contributed by atoms with van der Waals surface area (Å²) >= 11 is 0. The molecule has 0 radical (unpaired) electrons. The largest absolute Gasteiger partial charge is 0.459 e.